The average molecular weight is 376 g/mol. The van der Waals surface area contributed by atoms with Gasteiger partial charge >= 0.3 is 0 Å². The van der Waals surface area contributed by atoms with Crippen LogP contribution in [0.5, 0.6) is 0 Å². The summed E-state index contributed by atoms with van der Waals surface area (Å²) in [6, 6.07) is 9.98. The average Bonchev–Trinajstić information content (AvgIpc) is 3.14. The van der Waals surface area contributed by atoms with Crippen molar-refractivity contribution in [1.29, 1.82) is 5.26 Å². The van der Waals surface area contributed by atoms with Gasteiger partial charge in [0.2, 0.25) is 0 Å². The summed E-state index contributed by atoms with van der Waals surface area (Å²) in [6.45, 7) is 3.72. The van der Waals surface area contributed by atoms with Gasteiger partial charge in [-0.3, -0.25) is 0 Å². The third-order valence-corrected chi connectivity index (χ3v) is 5.92. The monoisotopic (exact) mass is 376 g/mol. The summed E-state index contributed by atoms with van der Waals surface area (Å²) in [4.78, 5) is 17.0. The third kappa shape index (κ3) is 3.68. The van der Waals surface area contributed by atoms with Gasteiger partial charge in [-0.05, 0) is 31.9 Å². The summed E-state index contributed by atoms with van der Waals surface area (Å²) < 4.78 is 0. The maximum Gasteiger partial charge on any atom is 0.186 e. The zero-order chi connectivity index (χ0) is 18.8. The minimum atomic E-state index is 0.282. The van der Waals surface area contributed by atoms with Crippen LogP contribution in [0.3, 0.4) is 0 Å². The number of nitrogens with zero attached hydrogens (tertiary/aromatic N) is 5. The molecule has 136 valence electrons. The normalized spacial score (nSPS) is 14.9. The van der Waals surface area contributed by atoms with E-state index in [1.807, 2.05) is 43.6 Å². The van der Waals surface area contributed by atoms with E-state index in [1.54, 1.807) is 11.3 Å². The standard InChI is InChI=1S/C20H20N6S/c1-13-23-11-16(12-24-13)19-18(15-4-2-14(10-21)3-5-15)25-20(27-19)26-8-6-17(22)7-9-26/h2-5,11-12,17H,6-9,22H2,1H3. The van der Waals surface area contributed by atoms with Crippen LogP contribution >= 0.6 is 11.3 Å². The fourth-order valence-corrected chi connectivity index (χ4v) is 4.25. The highest BCUT2D eigenvalue weighted by Crippen LogP contribution is 2.40. The molecule has 0 atom stereocenters. The molecule has 2 N–H and O–H groups in total. The van der Waals surface area contributed by atoms with Gasteiger partial charge in [-0.1, -0.05) is 23.5 Å². The first kappa shape index (κ1) is 17.6. The number of hydrogen-bond acceptors (Lipinski definition) is 7. The first-order valence-corrected chi connectivity index (χ1v) is 9.76. The molecule has 0 saturated carbocycles. The van der Waals surface area contributed by atoms with Crippen LogP contribution in [0.1, 0.15) is 24.2 Å². The molecule has 2 aromatic heterocycles. The predicted octanol–water partition coefficient (Wildman–Crippen LogP) is 3.37. The van der Waals surface area contributed by atoms with Crippen molar-refractivity contribution in [2.75, 3.05) is 18.0 Å². The number of thiazole rings is 1. The number of benzene rings is 1. The second-order valence-corrected chi connectivity index (χ2v) is 7.68. The van der Waals surface area contributed by atoms with Crippen molar-refractivity contribution in [3.8, 4) is 27.8 Å². The number of piperidine rings is 1. The highest BCUT2D eigenvalue weighted by Gasteiger charge is 2.22. The number of aromatic nitrogens is 3. The molecule has 27 heavy (non-hydrogen) atoms. The Bertz CT molecular complexity index is 963. The van der Waals surface area contributed by atoms with Gasteiger partial charge in [-0.15, -0.1) is 0 Å². The molecular weight excluding hydrogens is 356 g/mol. The molecule has 1 aromatic carbocycles. The Morgan fingerprint density at radius 1 is 1.11 bits per heavy atom. The first-order valence-electron chi connectivity index (χ1n) is 8.95. The van der Waals surface area contributed by atoms with Crippen LogP contribution in [0.25, 0.3) is 21.7 Å². The quantitative estimate of drug-likeness (QED) is 0.753. The lowest BCUT2D eigenvalue weighted by molar-refractivity contribution is 0.501. The van der Waals surface area contributed by atoms with Crippen molar-refractivity contribution in [3.05, 3.63) is 48.0 Å². The highest BCUT2D eigenvalue weighted by atomic mass is 32.1. The Labute approximate surface area is 162 Å². The van der Waals surface area contributed by atoms with E-state index in [1.165, 1.54) is 0 Å². The number of nitrogens with two attached hydrogens (primary N) is 1. The maximum atomic E-state index is 9.06. The molecule has 3 aromatic rings. The molecule has 1 fully saturated rings. The molecule has 0 unspecified atom stereocenters. The van der Waals surface area contributed by atoms with E-state index in [-0.39, 0.29) is 6.04 Å². The fraction of sp³-hybridized carbons (Fsp3) is 0.300. The fourth-order valence-electron chi connectivity index (χ4n) is 3.14. The van der Waals surface area contributed by atoms with Gasteiger partial charge in [0, 0.05) is 42.7 Å². The van der Waals surface area contributed by atoms with Crippen molar-refractivity contribution in [2.45, 2.75) is 25.8 Å². The lowest BCUT2D eigenvalue weighted by atomic mass is 10.1. The molecule has 4 rings (SSSR count). The van der Waals surface area contributed by atoms with Crippen LogP contribution in [0.2, 0.25) is 0 Å². The molecule has 0 amide bonds. The number of rotatable bonds is 3. The summed E-state index contributed by atoms with van der Waals surface area (Å²) in [6.07, 6.45) is 5.65. The van der Waals surface area contributed by atoms with E-state index >= 15 is 0 Å². The Balaban J connectivity index is 1.77. The van der Waals surface area contributed by atoms with Crippen LogP contribution in [0.15, 0.2) is 36.7 Å². The highest BCUT2D eigenvalue weighted by molar-refractivity contribution is 7.19. The van der Waals surface area contributed by atoms with Crippen molar-refractivity contribution < 1.29 is 0 Å². The van der Waals surface area contributed by atoms with E-state index in [4.69, 9.17) is 16.0 Å². The smallest absolute Gasteiger partial charge is 0.186 e. The van der Waals surface area contributed by atoms with Crippen LogP contribution in [-0.4, -0.2) is 34.1 Å². The molecule has 0 spiro atoms. The Morgan fingerprint density at radius 3 is 2.41 bits per heavy atom. The van der Waals surface area contributed by atoms with Crippen molar-refractivity contribution in [3.63, 3.8) is 0 Å². The van der Waals surface area contributed by atoms with Gasteiger partial charge < -0.3 is 10.6 Å². The van der Waals surface area contributed by atoms with Crippen LogP contribution in [-0.2, 0) is 0 Å². The van der Waals surface area contributed by atoms with E-state index in [2.05, 4.69) is 20.9 Å². The summed E-state index contributed by atoms with van der Waals surface area (Å²) in [5.41, 5.74) is 9.53. The zero-order valence-corrected chi connectivity index (χ0v) is 15.9. The third-order valence-electron chi connectivity index (χ3n) is 4.76. The minimum absolute atomic E-state index is 0.282. The summed E-state index contributed by atoms with van der Waals surface area (Å²) >= 11 is 1.66. The number of anilines is 1. The Kier molecular flexibility index (Phi) is 4.84. The summed E-state index contributed by atoms with van der Waals surface area (Å²) in [7, 11) is 0. The van der Waals surface area contributed by atoms with Gasteiger partial charge in [0.1, 0.15) is 5.82 Å². The molecule has 0 bridgehead atoms. The molecule has 1 aliphatic heterocycles. The van der Waals surface area contributed by atoms with E-state index < -0.39 is 0 Å². The Hall–Kier alpha value is -2.82. The van der Waals surface area contributed by atoms with Crippen molar-refractivity contribution in [2.24, 2.45) is 5.73 Å². The SMILES string of the molecule is Cc1ncc(-c2sc(N3CCC(N)CC3)nc2-c2ccc(C#N)cc2)cn1. The molecule has 1 aliphatic rings. The topological polar surface area (TPSA) is 91.7 Å². The number of aryl methyl sites for hydroxylation is 1. The first-order chi connectivity index (χ1) is 13.1. The van der Waals surface area contributed by atoms with Crippen molar-refractivity contribution >= 4 is 16.5 Å². The molecular formula is C20H20N6S. The number of nitriles is 1. The van der Waals surface area contributed by atoms with Gasteiger partial charge in [0.15, 0.2) is 5.13 Å². The molecule has 1 saturated heterocycles. The molecule has 3 heterocycles. The minimum Gasteiger partial charge on any atom is -0.348 e. The maximum absolute atomic E-state index is 9.06. The summed E-state index contributed by atoms with van der Waals surface area (Å²) in [5.74, 6) is 0.744. The van der Waals surface area contributed by atoms with Gasteiger partial charge in [0.25, 0.3) is 0 Å². The van der Waals surface area contributed by atoms with Gasteiger partial charge in [-0.25, -0.2) is 15.0 Å². The van der Waals surface area contributed by atoms with Gasteiger partial charge in [0.05, 0.1) is 22.2 Å². The largest absolute Gasteiger partial charge is 0.348 e. The predicted molar refractivity (Wildman–Crippen MR) is 107 cm³/mol. The zero-order valence-electron chi connectivity index (χ0n) is 15.1. The Morgan fingerprint density at radius 2 is 1.78 bits per heavy atom. The van der Waals surface area contributed by atoms with Crippen LogP contribution in [0, 0.1) is 18.3 Å². The number of hydrogen-bond donors (Lipinski definition) is 1. The van der Waals surface area contributed by atoms with Crippen LogP contribution < -0.4 is 10.6 Å². The van der Waals surface area contributed by atoms with E-state index in [0.717, 1.165) is 58.6 Å². The molecule has 0 aliphatic carbocycles. The molecule has 6 nitrogen and oxygen atoms in total. The molecule has 0 radical (unpaired) electrons. The van der Waals surface area contributed by atoms with Crippen molar-refractivity contribution in [1.82, 2.24) is 15.0 Å². The molecule has 7 heteroatoms. The second-order valence-electron chi connectivity index (χ2n) is 6.71. The summed E-state index contributed by atoms with van der Waals surface area (Å²) in [5, 5.41) is 10.1. The van der Waals surface area contributed by atoms with Gasteiger partial charge in [-0.2, -0.15) is 5.26 Å². The lowest BCUT2D eigenvalue weighted by Crippen LogP contribution is -2.39. The second kappa shape index (κ2) is 7.43. The van der Waals surface area contributed by atoms with E-state index in [0.29, 0.717) is 5.56 Å². The lowest BCUT2D eigenvalue weighted by Gasteiger charge is -2.29. The van der Waals surface area contributed by atoms with Crippen LogP contribution in [0.4, 0.5) is 5.13 Å². The van der Waals surface area contributed by atoms with E-state index in [9.17, 15) is 0 Å².